The highest BCUT2D eigenvalue weighted by molar-refractivity contribution is 6.30. The number of fused-ring (bicyclic) bond motifs is 1. The van der Waals surface area contributed by atoms with Crippen LogP contribution in [0.3, 0.4) is 0 Å². The van der Waals surface area contributed by atoms with E-state index < -0.39 is 6.04 Å². The Kier molecular flexibility index (Phi) is 3.82. The normalized spacial score (nSPS) is 18.8. The number of nitrogens with one attached hydrogen (secondary N) is 1. The molecule has 2 heterocycles. The van der Waals surface area contributed by atoms with E-state index in [1.807, 2.05) is 47.4 Å². The SMILES string of the molecule is O=C(C1C=C(c2cccc(Cl)c2)NC=N1)N1Cc2ccccc2C1. The summed E-state index contributed by atoms with van der Waals surface area (Å²) in [7, 11) is 0. The number of amides is 1. The summed E-state index contributed by atoms with van der Waals surface area (Å²) in [6.45, 7) is 1.30. The second kappa shape index (κ2) is 6.13. The van der Waals surface area contributed by atoms with Crippen LogP contribution in [0.2, 0.25) is 5.02 Å². The Labute approximate surface area is 145 Å². The summed E-state index contributed by atoms with van der Waals surface area (Å²) in [6, 6.07) is 15.2. The van der Waals surface area contributed by atoms with E-state index in [1.54, 1.807) is 6.34 Å². The molecule has 0 aromatic heterocycles. The van der Waals surface area contributed by atoms with Crippen LogP contribution in [0.4, 0.5) is 0 Å². The number of hydrogen-bond acceptors (Lipinski definition) is 3. The van der Waals surface area contributed by atoms with Crippen molar-refractivity contribution in [2.24, 2.45) is 4.99 Å². The van der Waals surface area contributed by atoms with Gasteiger partial charge in [-0.3, -0.25) is 9.79 Å². The number of nitrogens with zero attached hydrogens (tertiary/aromatic N) is 2. The standard InChI is InChI=1S/C19H16ClN3O/c20-16-7-3-6-13(8-16)17-9-18(22-12-21-17)19(24)23-10-14-4-1-2-5-15(14)11-23/h1-9,12,18H,10-11H2,(H,21,22). The maximum atomic E-state index is 12.8. The van der Waals surface area contributed by atoms with Gasteiger partial charge in [0.1, 0.15) is 0 Å². The number of benzene rings is 2. The molecule has 2 aromatic carbocycles. The summed E-state index contributed by atoms with van der Waals surface area (Å²) in [5.41, 5.74) is 4.21. The van der Waals surface area contributed by atoms with E-state index in [2.05, 4.69) is 22.4 Å². The van der Waals surface area contributed by atoms with Gasteiger partial charge in [-0.2, -0.15) is 0 Å². The van der Waals surface area contributed by atoms with Crippen molar-refractivity contribution in [1.29, 1.82) is 0 Å². The highest BCUT2D eigenvalue weighted by Gasteiger charge is 2.28. The molecule has 0 saturated heterocycles. The van der Waals surface area contributed by atoms with Gasteiger partial charge >= 0.3 is 0 Å². The van der Waals surface area contributed by atoms with E-state index in [-0.39, 0.29) is 5.91 Å². The average molecular weight is 338 g/mol. The molecular formula is C19H16ClN3O. The molecule has 0 fully saturated rings. The number of hydrogen-bond donors (Lipinski definition) is 1. The summed E-state index contributed by atoms with van der Waals surface area (Å²) < 4.78 is 0. The average Bonchev–Trinajstić information content (AvgIpc) is 3.05. The molecule has 1 amide bonds. The molecule has 120 valence electrons. The lowest BCUT2D eigenvalue weighted by atomic mass is 10.1. The molecule has 1 atom stereocenters. The van der Waals surface area contributed by atoms with Crippen molar-refractivity contribution in [2.75, 3.05) is 0 Å². The van der Waals surface area contributed by atoms with Crippen molar-refractivity contribution < 1.29 is 4.79 Å². The molecule has 0 bridgehead atoms. The molecule has 24 heavy (non-hydrogen) atoms. The third kappa shape index (κ3) is 2.81. The highest BCUT2D eigenvalue weighted by atomic mass is 35.5. The first-order chi connectivity index (χ1) is 11.7. The zero-order valence-corrected chi connectivity index (χ0v) is 13.7. The first-order valence-corrected chi connectivity index (χ1v) is 8.20. The molecule has 0 aliphatic carbocycles. The van der Waals surface area contributed by atoms with E-state index in [0.29, 0.717) is 18.1 Å². The smallest absolute Gasteiger partial charge is 0.252 e. The van der Waals surface area contributed by atoms with Crippen molar-refractivity contribution in [3.63, 3.8) is 0 Å². The zero-order chi connectivity index (χ0) is 16.5. The number of carbonyl (C=O) groups excluding carboxylic acids is 1. The third-order valence-electron chi connectivity index (χ3n) is 4.32. The summed E-state index contributed by atoms with van der Waals surface area (Å²) in [4.78, 5) is 19.0. The lowest BCUT2D eigenvalue weighted by Gasteiger charge is -2.22. The van der Waals surface area contributed by atoms with Gasteiger partial charge in [0.05, 0.1) is 6.34 Å². The van der Waals surface area contributed by atoms with E-state index in [4.69, 9.17) is 11.6 Å². The van der Waals surface area contributed by atoms with E-state index in [1.165, 1.54) is 11.1 Å². The van der Waals surface area contributed by atoms with Crippen molar-refractivity contribution >= 4 is 29.5 Å². The Morgan fingerprint density at radius 1 is 1.12 bits per heavy atom. The lowest BCUT2D eigenvalue weighted by Crippen LogP contribution is -2.36. The fraction of sp³-hybridized carbons (Fsp3) is 0.158. The highest BCUT2D eigenvalue weighted by Crippen LogP contribution is 2.25. The van der Waals surface area contributed by atoms with Gasteiger partial charge in [-0.25, -0.2) is 0 Å². The van der Waals surface area contributed by atoms with Gasteiger partial charge in [0.15, 0.2) is 6.04 Å². The Balaban J connectivity index is 1.55. The van der Waals surface area contributed by atoms with Crippen LogP contribution >= 0.6 is 11.6 Å². The molecule has 0 radical (unpaired) electrons. The Morgan fingerprint density at radius 2 is 1.88 bits per heavy atom. The van der Waals surface area contributed by atoms with Gasteiger partial charge in [-0.05, 0) is 34.9 Å². The van der Waals surface area contributed by atoms with Crippen LogP contribution in [0.5, 0.6) is 0 Å². The Morgan fingerprint density at radius 3 is 2.58 bits per heavy atom. The molecule has 2 aliphatic rings. The summed E-state index contributed by atoms with van der Waals surface area (Å²) in [5.74, 6) is 0.0171. The monoisotopic (exact) mass is 337 g/mol. The molecular weight excluding hydrogens is 322 g/mol. The van der Waals surface area contributed by atoms with Gasteiger partial charge in [0.2, 0.25) is 0 Å². The minimum absolute atomic E-state index is 0.0171. The summed E-state index contributed by atoms with van der Waals surface area (Å²) >= 11 is 6.05. The van der Waals surface area contributed by atoms with E-state index in [9.17, 15) is 4.79 Å². The summed E-state index contributed by atoms with van der Waals surface area (Å²) in [6.07, 6.45) is 3.44. The molecule has 0 saturated carbocycles. The Bertz CT molecular complexity index is 834. The quantitative estimate of drug-likeness (QED) is 0.914. The van der Waals surface area contributed by atoms with Crippen LogP contribution < -0.4 is 5.32 Å². The predicted octanol–water partition coefficient (Wildman–Crippen LogP) is 3.22. The molecule has 4 nitrogen and oxygen atoms in total. The Hall–Kier alpha value is -2.59. The molecule has 2 aromatic rings. The van der Waals surface area contributed by atoms with Crippen molar-refractivity contribution in [3.05, 3.63) is 76.3 Å². The second-order valence-corrected chi connectivity index (χ2v) is 6.36. The van der Waals surface area contributed by atoms with Crippen LogP contribution in [0.1, 0.15) is 16.7 Å². The van der Waals surface area contributed by atoms with Gasteiger partial charge in [0.25, 0.3) is 5.91 Å². The summed E-state index contributed by atoms with van der Waals surface area (Å²) in [5, 5.41) is 3.76. The second-order valence-electron chi connectivity index (χ2n) is 5.92. The number of carbonyl (C=O) groups is 1. The molecule has 4 rings (SSSR count). The maximum absolute atomic E-state index is 12.8. The van der Waals surface area contributed by atoms with Gasteiger partial charge < -0.3 is 10.2 Å². The molecule has 1 N–H and O–H groups in total. The largest absolute Gasteiger partial charge is 0.346 e. The van der Waals surface area contributed by atoms with Crippen molar-refractivity contribution in [1.82, 2.24) is 10.2 Å². The van der Waals surface area contributed by atoms with Crippen LogP contribution in [0.15, 0.2) is 59.6 Å². The predicted molar refractivity (Wildman–Crippen MR) is 95.5 cm³/mol. The van der Waals surface area contributed by atoms with Crippen molar-refractivity contribution in [2.45, 2.75) is 19.1 Å². The first kappa shape index (κ1) is 15.0. The molecule has 5 heteroatoms. The van der Waals surface area contributed by atoms with Gasteiger partial charge in [-0.1, -0.05) is 48.0 Å². The zero-order valence-electron chi connectivity index (χ0n) is 12.9. The molecule has 2 aliphatic heterocycles. The first-order valence-electron chi connectivity index (χ1n) is 7.82. The molecule has 0 spiro atoms. The third-order valence-corrected chi connectivity index (χ3v) is 4.56. The van der Waals surface area contributed by atoms with Gasteiger partial charge in [-0.15, -0.1) is 0 Å². The minimum atomic E-state index is -0.505. The lowest BCUT2D eigenvalue weighted by molar-refractivity contribution is -0.132. The number of halogens is 1. The van der Waals surface area contributed by atoms with Crippen LogP contribution in [0.25, 0.3) is 5.70 Å². The van der Waals surface area contributed by atoms with Crippen LogP contribution in [-0.2, 0) is 17.9 Å². The van der Waals surface area contributed by atoms with Crippen LogP contribution in [0, 0.1) is 0 Å². The molecule has 1 unspecified atom stereocenters. The van der Waals surface area contributed by atoms with Gasteiger partial charge in [0, 0.05) is 23.8 Å². The fourth-order valence-electron chi connectivity index (χ4n) is 3.08. The van der Waals surface area contributed by atoms with Crippen molar-refractivity contribution in [3.8, 4) is 0 Å². The number of aliphatic imine (C=N–C) groups is 1. The minimum Gasteiger partial charge on any atom is -0.346 e. The maximum Gasteiger partial charge on any atom is 0.252 e. The van der Waals surface area contributed by atoms with E-state index >= 15 is 0 Å². The van der Waals surface area contributed by atoms with E-state index in [0.717, 1.165) is 11.3 Å². The number of rotatable bonds is 2. The topological polar surface area (TPSA) is 44.7 Å². The van der Waals surface area contributed by atoms with Crippen LogP contribution in [-0.4, -0.2) is 23.2 Å². The fourth-order valence-corrected chi connectivity index (χ4v) is 3.27.